The number of rotatable bonds is 2. The van der Waals surface area contributed by atoms with Gasteiger partial charge in [0.15, 0.2) is 0 Å². The molecule has 0 fully saturated rings. The van der Waals surface area contributed by atoms with Gasteiger partial charge in [-0.25, -0.2) is 0 Å². The number of aliphatic hydroxyl groups is 1. The van der Waals surface area contributed by atoms with Crippen LogP contribution in [0.3, 0.4) is 0 Å². The second-order valence-electron chi connectivity index (χ2n) is 4.02. The van der Waals surface area contributed by atoms with Crippen molar-refractivity contribution in [3.8, 4) is 0 Å². The molecule has 0 aliphatic heterocycles. The normalized spacial score (nSPS) is 22.6. The third-order valence-electron chi connectivity index (χ3n) is 2.87. The average molecular weight is 188 g/mol. The summed E-state index contributed by atoms with van der Waals surface area (Å²) >= 11 is 0. The molecule has 1 heteroatoms. The van der Waals surface area contributed by atoms with E-state index in [-0.39, 0.29) is 6.10 Å². The third-order valence-corrected chi connectivity index (χ3v) is 2.87. The Morgan fingerprint density at radius 1 is 1.29 bits per heavy atom. The van der Waals surface area contributed by atoms with Crippen molar-refractivity contribution in [2.24, 2.45) is 5.92 Å². The van der Waals surface area contributed by atoms with E-state index in [1.807, 2.05) is 12.1 Å². The minimum atomic E-state index is -0.325. The lowest BCUT2D eigenvalue weighted by molar-refractivity contribution is 0.131. The predicted octanol–water partition coefficient (Wildman–Crippen LogP) is 2.99. The molecule has 74 valence electrons. The van der Waals surface area contributed by atoms with Crippen molar-refractivity contribution in [1.82, 2.24) is 0 Å². The largest absolute Gasteiger partial charge is 0.388 e. The SMILES string of the molecule is Cc1ccc([C@H](O)[C@H]2C=CCC2)cc1. The van der Waals surface area contributed by atoms with E-state index >= 15 is 0 Å². The zero-order chi connectivity index (χ0) is 9.97. The predicted molar refractivity (Wildman–Crippen MR) is 58.0 cm³/mol. The lowest BCUT2D eigenvalue weighted by atomic mass is 9.95. The summed E-state index contributed by atoms with van der Waals surface area (Å²) in [5, 5.41) is 10.1. The van der Waals surface area contributed by atoms with Crippen molar-refractivity contribution in [3.63, 3.8) is 0 Å². The second kappa shape index (κ2) is 3.97. The Kier molecular flexibility index (Phi) is 2.69. The van der Waals surface area contributed by atoms with Gasteiger partial charge in [-0.15, -0.1) is 0 Å². The number of aliphatic hydroxyl groups excluding tert-OH is 1. The van der Waals surface area contributed by atoms with Crippen LogP contribution in [-0.2, 0) is 0 Å². The molecule has 0 spiro atoms. The molecule has 1 aromatic carbocycles. The fraction of sp³-hybridized carbons (Fsp3) is 0.385. The number of aryl methyl sites for hydroxylation is 1. The Bertz CT molecular complexity index is 324. The van der Waals surface area contributed by atoms with Gasteiger partial charge in [-0.05, 0) is 25.3 Å². The van der Waals surface area contributed by atoms with E-state index in [4.69, 9.17) is 0 Å². The van der Waals surface area contributed by atoms with Crippen LogP contribution < -0.4 is 0 Å². The fourth-order valence-corrected chi connectivity index (χ4v) is 1.93. The van der Waals surface area contributed by atoms with Crippen LogP contribution >= 0.6 is 0 Å². The Balaban J connectivity index is 2.14. The lowest BCUT2D eigenvalue weighted by Gasteiger charge is -2.16. The monoisotopic (exact) mass is 188 g/mol. The highest BCUT2D eigenvalue weighted by molar-refractivity contribution is 5.24. The van der Waals surface area contributed by atoms with Gasteiger partial charge in [-0.1, -0.05) is 42.0 Å². The zero-order valence-corrected chi connectivity index (χ0v) is 8.48. The van der Waals surface area contributed by atoms with Gasteiger partial charge in [0, 0.05) is 5.92 Å². The van der Waals surface area contributed by atoms with Crippen LogP contribution in [0.4, 0.5) is 0 Å². The molecule has 1 N–H and O–H groups in total. The first-order valence-corrected chi connectivity index (χ1v) is 5.18. The van der Waals surface area contributed by atoms with Crippen LogP contribution in [-0.4, -0.2) is 5.11 Å². The van der Waals surface area contributed by atoms with E-state index < -0.39 is 0 Å². The molecule has 1 aromatic rings. The van der Waals surface area contributed by atoms with Crippen molar-refractivity contribution in [2.45, 2.75) is 25.9 Å². The van der Waals surface area contributed by atoms with Gasteiger partial charge in [-0.3, -0.25) is 0 Å². The average Bonchev–Trinajstić information content (AvgIpc) is 2.71. The maximum Gasteiger partial charge on any atom is 0.0852 e. The molecule has 2 rings (SSSR count). The highest BCUT2D eigenvalue weighted by atomic mass is 16.3. The minimum absolute atomic E-state index is 0.317. The Labute approximate surface area is 85.1 Å². The van der Waals surface area contributed by atoms with E-state index in [2.05, 4.69) is 31.2 Å². The number of benzene rings is 1. The smallest absolute Gasteiger partial charge is 0.0852 e. The van der Waals surface area contributed by atoms with E-state index in [1.165, 1.54) is 5.56 Å². The van der Waals surface area contributed by atoms with Crippen LogP contribution in [0.1, 0.15) is 30.1 Å². The van der Waals surface area contributed by atoms with Gasteiger partial charge in [0.2, 0.25) is 0 Å². The van der Waals surface area contributed by atoms with Gasteiger partial charge in [0.25, 0.3) is 0 Å². The van der Waals surface area contributed by atoms with Crippen molar-refractivity contribution in [2.75, 3.05) is 0 Å². The standard InChI is InChI=1S/C13H16O/c1-10-6-8-12(9-7-10)13(14)11-4-2-3-5-11/h2,4,6-9,11,13-14H,3,5H2,1H3/t11-,13+/m0/s1. The first-order chi connectivity index (χ1) is 6.77. The zero-order valence-electron chi connectivity index (χ0n) is 8.48. The molecule has 0 unspecified atom stereocenters. The van der Waals surface area contributed by atoms with Gasteiger partial charge < -0.3 is 5.11 Å². The summed E-state index contributed by atoms with van der Waals surface area (Å²) in [7, 11) is 0. The quantitative estimate of drug-likeness (QED) is 0.707. The third kappa shape index (κ3) is 1.88. The van der Waals surface area contributed by atoms with Gasteiger partial charge >= 0.3 is 0 Å². The molecular weight excluding hydrogens is 172 g/mol. The topological polar surface area (TPSA) is 20.2 Å². The Morgan fingerprint density at radius 3 is 2.57 bits per heavy atom. The molecule has 0 amide bonds. The molecule has 0 saturated heterocycles. The number of allylic oxidation sites excluding steroid dienone is 1. The summed E-state index contributed by atoms with van der Waals surface area (Å²) in [6.45, 7) is 2.06. The maximum atomic E-state index is 10.1. The van der Waals surface area contributed by atoms with E-state index in [9.17, 15) is 5.11 Å². The fourth-order valence-electron chi connectivity index (χ4n) is 1.93. The van der Waals surface area contributed by atoms with Crippen LogP contribution in [0, 0.1) is 12.8 Å². The van der Waals surface area contributed by atoms with Gasteiger partial charge in [0.1, 0.15) is 0 Å². The molecule has 0 aromatic heterocycles. The van der Waals surface area contributed by atoms with Crippen molar-refractivity contribution in [3.05, 3.63) is 47.5 Å². The number of hydrogen-bond donors (Lipinski definition) is 1. The molecule has 0 saturated carbocycles. The Hall–Kier alpha value is -1.08. The summed E-state index contributed by atoms with van der Waals surface area (Å²) < 4.78 is 0. The van der Waals surface area contributed by atoms with Crippen LogP contribution in [0.25, 0.3) is 0 Å². The molecule has 1 aliphatic rings. The molecule has 0 heterocycles. The highest BCUT2D eigenvalue weighted by Crippen LogP contribution is 2.30. The van der Waals surface area contributed by atoms with Crippen molar-refractivity contribution >= 4 is 0 Å². The summed E-state index contributed by atoms with van der Waals surface area (Å²) in [6, 6.07) is 8.15. The van der Waals surface area contributed by atoms with Gasteiger partial charge in [0.05, 0.1) is 6.10 Å². The second-order valence-corrected chi connectivity index (χ2v) is 4.02. The molecule has 1 nitrogen and oxygen atoms in total. The van der Waals surface area contributed by atoms with E-state index in [0.29, 0.717) is 5.92 Å². The van der Waals surface area contributed by atoms with Crippen LogP contribution in [0.5, 0.6) is 0 Å². The number of hydrogen-bond acceptors (Lipinski definition) is 1. The lowest BCUT2D eigenvalue weighted by Crippen LogP contribution is -2.07. The first kappa shape index (κ1) is 9.47. The molecule has 2 atom stereocenters. The molecule has 0 radical (unpaired) electrons. The van der Waals surface area contributed by atoms with E-state index in [0.717, 1.165) is 18.4 Å². The molecule has 1 aliphatic carbocycles. The summed E-state index contributed by atoms with van der Waals surface area (Å²) in [4.78, 5) is 0. The maximum absolute atomic E-state index is 10.1. The molecular formula is C13H16O. The summed E-state index contributed by atoms with van der Waals surface area (Å²) in [5.41, 5.74) is 2.27. The summed E-state index contributed by atoms with van der Waals surface area (Å²) in [6.07, 6.45) is 6.14. The van der Waals surface area contributed by atoms with Crippen LogP contribution in [0.15, 0.2) is 36.4 Å². The van der Waals surface area contributed by atoms with Gasteiger partial charge in [-0.2, -0.15) is 0 Å². The molecule has 0 bridgehead atoms. The van der Waals surface area contributed by atoms with Crippen molar-refractivity contribution in [1.29, 1.82) is 0 Å². The summed E-state index contributed by atoms with van der Waals surface area (Å²) in [5.74, 6) is 0.317. The highest BCUT2D eigenvalue weighted by Gasteiger charge is 2.20. The Morgan fingerprint density at radius 2 is 2.00 bits per heavy atom. The molecule has 14 heavy (non-hydrogen) atoms. The van der Waals surface area contributed by atoms with E-state index in [1.54, 1.807) is 0 Å². The van der Waals surface area contributed by atoms with Crippen molar-refractivity contribution < 1.29 is 5.11 Å². The van der Waals surface area contributed by atoms with Crippen LogP contribution in [0.2, 0.25) is 0 Å². The minimum Gasteiger partial charge on any atom is -0.388 e. The first-order valence-electron chi connectivity index (χ1n) is 5.18.